The Morgan fingerprint density at radius 1 is 1.50 bits per heavy atom. The van der Waals surface area contributed by atoms with E-state index < -0.39 is 0 Å². The molecule has 1 aromatic carbocycles. The molecule has 22 heavy (non-hydrogen) atoms. The zero-order chi connectivity index (χ0) is 15.7. The predicted octanol–water partition coefficient (Wildman–Crippen LogP) is 2.14. The van der Waals surface area contributed by atoms with E-state index >= 15 is 0 Å². The summed E-state index contributed by atoms with van der Waals surface area (Å²) >= 11 is 0. The summed E-state index contributed by atoms with van der Waals surface area (Å²) in [6.07, 6.45) is 2.95. The van der Waals surface area contributed by atoms with Crippen LogP contribution in [-0.2, 0) is 11.2 Å². The standard InChI is InChI=1S/C17H24N4O/c1-11-4-3-5-14-17(11)20-15(19-14)6-7-16(22)21-9-8-13(18)10-12(21)2/h3-5,12-13H,6-10,18H2,1-2H3,(H,19,20)/t12-,13-/m0/s1. The van der Waals surface area contributed by atoms with Gasteiger partial charge in [0.1, 0.15) is 5.82 Å². The third kappa shape index (κ3) is 2.99. The van der Waals surface area contributed by atoms with E-state index in [0.29, 0.717) is 12.8 Å². The monoisotopic (exact) mass is 300 g/mol. The van der Waals surface area contributed by atoms with E-state index in [-0.39, 0.29) is 18.0 Å². The van der Waals surface area contributed by atoms with Gasteiger partial charge in [-0.25, -0.2) is 4.98 Å². The Balaban J connectivity index is 1.63. The number of carbonyl (C=O) groups excluding carboxylic acids is 1. The lowest BCUT2D eigenvalue weighted by Crippen LogP contribution is -2.48. The van der Waals surface area contributed by atoms with Crippen LogP contribution in [0.25, 0.3) is 11.0 Å². The molecule has 0 saturated carbocycles. The van der Waals surface area contributed by atoms with Gasteiger partial charge < -0.3 is 15.6 Å². The van der Waals surface area contributed by atoms with Crippen molar-refractivity contribution in [2.45, 2.75) is 51.6 Å². The second-order valence-corrected chi connectivity index (χ2v) is 6.38. The van der Waals surface area contributed by atoms with Crippen molar-refractivity contribution < 1.29 is 4.79 Å². The van der Waals surface area contributed by atoms with Crippen molar-refractivity contribution in [3.8, 4) is 0 Å². The number of carbonyl (C=O) groups is 1. The second kappa shape index (κ2) is 6.08. The molecule has 0 unspecified atom stereocenters. The van der Waals surface area contributed by atoms with Gasteiger partial charge in [0.15, 0.2) is 0 Å². The highest BCUT2D eigenvalue weighted by molar-refractivity contribution is 5.79. The van der Waals surface area contributed by atoms with Gasteiger partial charge in [0, 0.05) is 31.5 Å². The van der Waals surface area contributed by atoms with E-state index in [4.69, 9.17) is 5.73 Å². The minimum absolute atomic E-state index is 0.205. The summed E-state index contributed by atoms with van der Waals surface area (Å²) in [6, 6.07) is 6.57. The summed E-state index contributed by atoms with van der Waals surface area (Å²) in [5.41, 5.74) is 9.16. The second-order valence-electron chi connectivity index (χ2n) is 6.38. The van der Waals surface area contributed by atoms with Crippen LogP contribution in [0, 0.1) is 6.92 Å². The number of H-pyrrole nitrogens is 1. The lowest BCUT2D eigenvalue weighted by atomic mass is 9.98. The van der Waals surface area contributed by atoms with Gasteiger partial charge in [-0.15, -0.1) is 0 Å². The Morgan fingerprint density at radius 3 is 3.05 bits per heavy atom. The average molecular weight is 300 g/mol. The van der Waals surface area contributed by atoms with Crippen molar-refractivity contribution >= 4 is 16.9 Å². The maximum absolute atomic E-state index is 12.4. The van der Waals surface area contributed by atoms with E-state index in [1.54, 1.807) is 0 Å². The van der Waals surface area contributed by atoms with Gasteiger partial charge in [0.05, 0.1) is 11.0 Å². The summed E-state index contributed by atoms with van der Waals surface area (Å²) in [4.78, 5) is 22.3. The number of imidazole rings is 1. The number of benzene rings is 1. The Kier molecular flexibility index (Phi) is 4.16. The number of likely N-dealkylation sites (tertiary alicyclic amines) is 1. The molecule has 3 N–H and O–H groups in total. The third-order valence-electron chi connectivity index (χ3n) is 4.58. The van der Waals surface area contributed by atoms with Crippen LogP contribution in [0.4, 0.5) is 0 Å². The normalized spacial score (nSPS) is 22.2. The number of nitrogens with one attached hydrogen (secondary N) is 1. The maximum Gasteiger partial charge on any atom is 0.223 e. The van der Waals surface area contributed by atoms with Crippen molar-refractivity contribution in [1.82, 2.24) is 14.9 Å². The van der Waals surface area contributed by atoms with Gasteiger partial charge in [-0.2, -0.15) is 0 Å². The van der Waals surface area contributed by atoms with E-state index in [1.165, 1.54) is 0 Å². The number of hydrogen-bond acceptors (Lipinski definition) is 3. The van der Waals surface area contributed by atoms with Crippen molar-refractivity contribution in [3.63, 3.8) is 0 Å². The molecular formula is C17H24N4O. The molecule has 0 aliphatic carbocycles. The SMILES string of the molecule is Cc1cccc2[nH]c(CCC(=O)N3CC[C@H](N)C[C@@H]3C)nc12. The van der Waals surface area contributed by atoms with Crippen LogP contribution in [0.1, 0.15) is 37.6 Å². The van der Waals surface area contributed by atoms with Crippen molar-refractivity contribution in [1.29, 1.82) is 0 Å². The summed E-state index contributed by atoms with van der Waals surface area (Å²) < 4.78 is 0. The molecule has 1 aliphatic heterocycles. The summed E-state index contributed by atoms with van der Waals surface area (Å²) in [5.74, 6) is 1.09. The Bertz CT molecular complexity index is 678. The molecule has 1 aromatic heterocycles. The first-order valence-corrected chi connectivity index (χ1v) is 8.04. The van der Waals surface area contributed by atoms with Gasteiger partial charge >= 0.3 is 0 Å². The van der Waals surface area contributed by atoms with Crippen LogP contribution >= 0.6 is 0 Å². The molecule has 5 nitrogen and oxygen atoms in total. The fourth-order valence-electron chi connectivity index (χ4n) is 3.29. The number of para-hydroxylation sites is 1. The average Bonchev–Trinajstić information content (AvgIpc) is 2.89. The number of fused-ring (bicyclic) bond motifs is 1. The Labute approximate surface area is 130 Å². The molecule has 2 atom stereocenters. The minimum atomic E-state index is 0.205. The largest absolute Gasteiger partial charge is 0.342 e. The van der Waals surface area contributed by atoms with Gasteiger partial charge in [0.2, 0.25) is 5.91 Å². The molecule has 1 fully saturated rings. The molecule has 1 saturated heterocycles. The number of nitrogens with two attached hydrogens (primary N) is 1. The lowest BCUT2D eigenvalue weighted by Gasteiger charge is -2.36. The molecule has 2 aromatic rings. The maximum atomic E-state index is 12.4. The molecule has 2 heterocycles. The number of aromatic nitrogens is 2. The first-order valence-electron chi connectivity index (χ1n) is 8.04. The van der Waals surface area contributed by atoms with Crippen LogP contribution < -0.4 is 5.73 Å². The number of hydrogen-bond donors (Lipinski definition) is 2. The minimum Gasteiger partial charge on any atom is -0.342 e. The molecule has 0 bridgehead atoms. The summed E-state index contributed by atoms with van der Waals surface area (Å²) in [6.45, 7) is 4.92. The quantitative estimate of drug-likeness (QED) is 0.912. The molecule has 118 valence electrons. The third-order valence-corrected chi connectivity index (χ3v) is 4.58. The number of aryl methyl sites for hydroxylation is 2. The smallest absolute Gasteiger partial charge is 0.223 e. The molecule has 5 heteroatoms. The van der Waals surface area contributed by atoms with Gasteiger partial charge in [-0.1, -0.05) is 12.1 Å². The summed E-state index contributed by atoms with van der Waals surface area (Å²) in [5, 5.41) is 0. The fourth-order valence-corrected chi connectivity index (χ4v) is 3.29. The highest BCUT2D eigenvalue weighted by atomic mass is 16.2. The van der Waals surface area contributed by atoms with Gasteiger partial charge in [-0.05, 0) is 38.3 Å². The molecule has 1 aliphatic rings. The topological polar surface area (TPSA) is 75.0 Å². The Hall–Kier alpha value is -1.88. The molecule has 1 amide bonds. The van der Waals surface area contributed by atoms with Gasteiger partial charge in [-0.3, -0.25) is 4.79 Å². The number of nitrogens with zero attached hydrogens (tertiary/aromatic N) is 2. The number of amides is 1. The van der Waals surface area contributed by atoms with Crippen molar-refractivity contribution in [2.75, 3.05) is 6.54 Å². The van der Waals surface area contributed by atoms with E-state index in [2.05, 4.69) is 29.9 Å². The fraction of sp³-hybridized carbons (Fsp3) is 0.529. The zero-order valence-electron chi connectivity index (χ0n) is 13.3. The highest BCUT2D eigenvalue weighted by Crippen LogP contribution is 2.19. The number of piperidine rings is 1. The van der Waals surface area contributed by atoms with Crippen molar-refractivity contribution in [3.05, 3.63) is 29.6 Å². The zero-order valence-corrected chi connectivity index (χ0v) is 13.3. The Morgan fingerprint density at radius 2 is 2.32 bits per heavy atom. The lowest BCUT2D eigenvalue weighted by molar-refractivity contribution is -0.134. The number of aromatic amines is 1. The van der Waals surface area contributed by atoms with Crippen LogP contribution in [0.15, 0.2) is 18.2 Å². The van der Waals surface area contributed by atoms with Gasteiger partial charge in [0.25, 0.3) is 0 Å². The van der Waals surface area contributed by atoms with Crippen LogP contribution in [0.5, 0.6) is 0 Å². The van der Waals surface area contributed by atoms with Crippen LogP contribution in [0.2, 0.25) is 0 Å². The molecular weight excluding hydrogens is 276 g/mol. The first kappa shape index (κ1) is 15.0. The molecule has 0 spiro atoms. The van der Waals surface area contributed by atoms with E-state index in [1.807, 2.05) is 17.0 Å². The van der Waals surface area contributed by atoms with E-state index in [9.17, 15) is 4.79 Å². The summed E-state index contributed by atoms with van der Waals surface area (Å²) in [7, 11) is 0. The molecule has 3 rings (SSSR count). The number of rotatable bonds is 3. The van der Waals surface area contributed by atoms with Crippen LogP contribution in [-0.4, -0.2) is 39.4 Å². The van der Waals surface area contributed by atoms with E-state index in [0.717, 1.165) is 41.8 Å². The van der Waals surface area contributed by atoms with Crippen LogP contribution in [0.3, 0.4) is 0 Å². The predicted molar refractivity (Wildman–Crippen MR) is 87.5 cm³/mol. The first-order chi connectivity index (χ1) is 10.5. The van der Waals surface area contributed by atoms with Crippen molar-refractivity contribution in [2.24, 2.45) is 5.73 Å². The highest BCUT2D eigenvalue weighted by Gasteiger charge is 2.26. The molecule has 0 radical (unpaired) electrons.